The van der Waals surface area contributed by atoms with Gasteiger partial charge in [-0.05, 0) is 38.0 Å². The van der Waals surface area contributed by atoms with E-state index in [0.29, 0.717) is 12.8 Å². The maximum atomic E-state index is 13.2. The Labute approximate surface area is 108 Å². The second-order valence-corrected chi connectivity index (χ2v) is 4.85. The van der Waals surface area contributed by atoms with Crippen LogP contribution in [-0.2, 0) is 0 Å². The number of hydrogen-bond acceptors (Lipinski definition) is 2. The van der Waals surface area contributed by atoms with Crippen LogP contribution in [0, 0.1) is 5.82 Å². The molecule has 0 aliphatic heterocycles. The molecule has 19 heavy (non-hydrogen) atoms. The highest BCUT2D eigenvalue weighted by atomic mass is 19.4. The third-order valence-electron chi connectivity index (χ3n) is 3.09. The smallest absolute Gasteiger partial charge is 0.389 e. The zero-order valence-corrected chi connectivity index (χ0v) is 10.4. The Morgan fingerprint density at radius 2 is 2.00 bits per heavy atom. The van der Waals surface area contributed by atoms with Crippen LogP contribution >= 0.6 is 0 Å². The summed E-state index contributed by atoms with van der Waals surface area (Å²) in [6.45, 7) is 0.333. The zero-order chi connectivity index (χ0) is 14.2. The molecule has 2 rings (SSSR count). The molecule has 1 aromatic rings. The molecule has 0 spiro atoms. The monoisotopic (exact) mass is 277 g/mol. The SMILES string of the molecule is C[C@H](O)c1cc(F)ccc1N(CC(F)(F)F)C1CC1. The van der Waals surface area contributed by atoms with E-state index in [9.17, 15) is 22.7 Å². The first-order valence-corrected chi connectivity index (χ1v) is 6.09. The van der Waals surface area contributed by atoms with Crippen molar-refractivity contribution in [2.45, 2.75) is 38.1 Å². The minimum Gasteiger partial charge on any atom is -0.389 e. The van der Waals surface area contributed by atoms with Gasteiger partial charge in [0, 0.05) is 17.3 Å². The van der Waals surface area contributed by atoms with Crippen LogP contribution in [0.4, 0.5) is 23.2 Å². The third kappa shape index (κ3) is 3.59. The van der Waals surface area contributed by atoms with Crippen molar-refractivity contribution in [2.24, 2.45) is 0 Å². The fraction of sp³-hybridized carbons (Fsp3) is 0.538. The number of benzene rings is 1. The number of hydrogen-bond donors (Lipinski definition) is 1. The lowest BCUT2D eigenvalue weighted by atomic mass is 10.1. The molecule has 0 aromatic heterocycles. The van der Waals surface area contributed by atoms with Crippen molar-refractivity contribution in [3.8, 4) is 0 Å². The molecule has 1 aromatic carbocycles. The fourth-order valence-electron chi connectivity index (χ4n) is 2.11. The minimum absolute atomic E-state index is 0.176. The van der Waals surface area contributed by atoms with Gasteiger partial charge >= 0.3 is 6.18 Å². The summed E-state index contributed by atoms with van der Waals surface area (Å²) in [5.74, 6) is -0.567. The van der Waals surface area contributed by atoms with Crippen LogP contribution in [0.5, 0.6) is 0 Å². The fourth-order valence-corrected chi connectivity index (χ4v) is 2.11. The van der Waals surface area contributed by atoms with Crippen molar-refractivity contribution in [1.82, 2.24) is 0 Å². The highest BCUT2D eigenvalue weighted by molar-refractivity contribution is 5.56. The molecule has 0 unspecified atom stereocenters. The van der Waals surface area contributed by atoms with Crippen molar-refractivity contribution < 1.29 is 22.7 Å². The van der Waals surface area contributed by atoms with Crippen molar-refractivity contribution >= 4 is 5.69 Å². The van der Waals surface area contributed by atoms with Crippen molar-refractivity contribution in [3.63, 3.8) is 0 Å². The van der Waals surface area contributed by atoms with Crippen LogP contribution in [0.2, 0.25) is 0 Å². The van der Waals surface area contributed by atoms with E-state index in [0.717, 1.165) is 12.1 Å². The Bertz CT molecular complexity index is 454. The van der Waals surface area contributed by atoms with E-state index in [1.165, 1.54) is 17.9 Å². The first kappa shape index (κ1) is 14.1. The van der Waals surface area contributed by atoms with E-state index in [1.807, 2.05) is 0 Å². The van der Waals surface area contributed by atoms with Crippen LogP contribution in [0.15, 0.2) is 18.2 Å². The second kappa shape index (κ2) is 5.00. The van der Waals surface area contributed by atoms with Gasteiger partial charge in [0.15, 0.2) is 0 Å². The number of rotatable bonds is 4. The normalized spacial score (nSPS) is 17.4. The molecule has 0 saturated heterocycles. The molecule has 1 N–H and O–H groups in total. The molecule has 1 fully saturated rings. The predicted octanol–water partition coefficient (Wildman–Crippen LogP) is 3.41. The molecule has 6 heteroatoms. The number of aliphatic hydroxyl groups excluding tert-OH is 1. The lowest BCUT2D eigenvalue weighted by Gasteiger charge is -2.28. The van der Waals surface area contributed by atoms with E-state index in [-0.39, 0.29) is 17.3 Å². The van der Waals surface area contributed by atoms with Gasteiger partial charge in [-0.3, -0.25) is 0 Å². The zero-order valence-electron chi connectivity index (χ0n) is 10.4. The van der Waals surface area contributed by atoms with Crippen LogP contribution in [0.1, 0.15) is 31.4 Å². The Hall–Kier alpha value is -1.30. The van der Waals surface area contributed by atoms with Gasteiger partial charge in [-0.2, -0.15) is 13.2 Å². The van der Waals surface area contributed by atoms with Gasteiger partial charge in [0.1, 0.15) is 12.4 Å². The molecule has 1 aliphatic carbocycles. The van der Waals surface area contributed by atoms with Gasteiger partial charge in [0.25, 0.3) is 0 Å². The summed E-state index contributed by atoms with van der Waals surface area (Å²) in [5, 5.41) is 9.60. The highest BCUT2D eigenvalue weighted by Gasteiger charge is 2.39. The van der Waals surface area contributed by atoms with Gasteiger partial charge in [-0.15, -0.1) is 0 Å². The summed E-state index contributed by atoms with van der Waals surface area (Å²) < 4.78 is 51.0. The Morgan fingerprint density at radius 3 is 2.47 bits per heavy atom. The lowest BCUT2D eigenvalue weighted by Crippen LogP contribution is -2.36. The number of halogens is 4. The van der Waals surface area contributed by atoms with Crippen molar-refractivity contribution in [1.29, 1.82) is 0 Å². The largest absolute Gasteiger partial charge is 0.405 e. The third-order valence-corrected chi connectivity index (χ3v) is 3.09. The van der Waals surface area contributed by atoms with Gasteiger partial charge in [0.05, 0.1) is 6.10 Å². The first-order valence-electron chi connectivity index (χ1n) is 6.09. The maximum absolute atomic E-state index is 13.2. The summed E-state index contributed by atoms with van der Waals surface area (Å²) in [5.41, 5.74) is 0.451. The van der Waals surface area contributed by atoms with Gasteiger partial charge in [-0.25, -0.2) is 4.39 Å². The average Bonchev–Trinajstić information content (AvgIpc) is 3.08. The summed E-state index contributed by atoms with van der Waals surface area (Å²) >= 11 is 0. The topological polar surface area (TPSA) is 23.5 Å². The predicted molar refractivity (Wildman–Crippen MR) is 63.5 cm³/mol. The molecule has 0 heterocycles. The average molecular weight is 277 g/mol. The van der Waals surface area contributed by atoms with Crippen LogP contribution in [0.3, 0.4) is 0 Å². The number of nitrogens with zero attached hydrogens (tertiary/aromatic N) is 1. The Morgan fingerprint density at radius 1 is 1.37 bits per heavy atom. The Kier molecular flexibility index (Phi) is 3.71. The molecule has 0 amide bonds. The molecule has 1 saturated carbocycles. The number of aliphatic hydroxyl groups is 1. The van der Waals surface area contributed by atoms with E-state index < -0.39 is 24.6 Å². The standard InChI is InChI=1S/C13H15F4NO/c1-8(19)11-6-9(14)2-5-12(11)18(10-3-4-10)7-13(15,16)17/h2,5-6,8,10,19H,3-4,7H2,1H3/t8-/m0/s1. The van der Waals surface area contributed by atoms with Crippen molar-refractivity contribution in [2.75, 3.05) is 11.4 Å². The molecule has 0 bridgehead atoms. The van der Waals surface area contributed by atoms with E-state index in [4.69, 9.17) is 0 Å². The molecule has 106 valence electrons. The van der Waals surface area contributed by atoms with Crippen molar-refractivity contribution in [3.05, 3.63) is 29.6 Å². The van der Waals surface area contributed by atoms with Crippen LogP contribution in [-0.4, -0.2) is 23.9 Å². The minimum atomic E-state index is -4.33. The number of alkyl halides is 3. The van der Waals surface area contributed by atoms with Crippen LogP contribution < -0.4 is 4.90 Å². The molecule has 1 aliphatic rings. The van der Waals surface area contributed by atoms with Gasteiger partial charge < -0.3 is 10.0 Å². The first-order chi connectivity index (χ1) is 8.78. The number of anilines is 1. The lowest BCUT2D eigenvalue weighted by molar-refractivity contribution is -0.120. The molecule has 0 radical (unpaired) electrons. The maximum Gasteiger partial charge on any atom is 0.405 e. The summed E-state index contributed by atoms with van der Waals surface area (Å²) in [6.07, 6.45) is -3.97. The second-order valence-electron chi connectivity index (χ2n) is 4.85. The van der Waals surface area contributed by atoms with Gasteiger partial charge in [0.2, 0.25) is 0 Å². The summed E-state index contributed by atoms with van der Waals surface area (Å²) in [7, 11) is 0. The Balaban J connectivity index is 2.36. The highest BCUT2D eigenvalue weighted by Crippen LogP contribution is 2.37. The van der Waals surface area contributed by atoms with E-state index >= 15 is 0 Å². The molecular weight excluding hydrogens is 262 g/mol. The van der Waals surface area contributed by atoms with Gasteiger partial charge in [-0.1, -0.05) is 0 Å². The molecule has 1 atom stereocenters. The van der Waals surface area contributed by atoms with E-state index in [1.54, 1.807) is 0 Å². The van der Waals surface area contributed by atoms with Crippen LogP contribution in [0.25, 0.3) is 0 Å². The molecular formula is C13H15F4NO. The summed E-state index contributed by atoms with van der Waals surface area (Å²) in [4.78, 5) is 1.21. The quantitative estimate of drug-likeness (QED) is 0.852. The summed E-state index contributed by atoms with van der Waals surface area (Å²) in [6, 6.07) is 3.34. The molecule has 2 nitrogen and oxygen atoms in total. The van der Waals surface area contributed by atoms with E-state index in [2.05, 4.69) is 0 Å².